The van der Waals surface area contributed by atoms with Crippen LogP contribution in [0.2, 0.25) is 0 Å². The van der Waals surface area contributed by atoms with E-state index in [0.29, 0.717) is 6.42 Å². The molecule has 0 fully saturated rings. The van der Waals surface area contributed by atoms with Crippen molar-refractivity contribution in [3.05, 3.63) is 65.7 Å². The summed E-state index contributed by atoms with van der Waals surface area (Å²) in [6, 6.07) is 12.5. The van der Waals surface area contributed by atoms with Crippen molar-refractivity contribution in [2.75, 3.05) is 0 Å². The van der Waals surface area contributed by atoms with Gasteiger partial charge in [0.2, 0.25) is 0 Å². The molecule has 0 aromatic heterocycles. The number of ether oxygens (including phenoxy) is 1. The van der Waals surface area contributed by atoms with Crippen LogP contribution in [0.1, 0.15) is 147 Å². The van der Waals surface area contributed by atoms with Crippen molar-refractivity contribution in [2.45, 2.75) is 136 Å². The fraction of sp³-hybridized carbons (Fsp3) is 0.553. The Kier molecular flexibility index (Phi) is 18.1. The molecule has 0 aliphatic rings. The number of carbonyl (C=O) groups is 1. The van der Waals surface area contributed by atoms with Gasteiger partial charge >= 0.3 is 5.97 Å². The van der Waals surface area contributed by atoms with E-state index >= 15 is 0 Å². The van der Waals surface area contributed by atoms with E-state index in [-0.39, 0.29) is 23.2 Å². The lowest BCUT2D eigenvalue weighted by molar-refractivity contribution is -0.134. The molecule has 2 aromatic rings. The maximum absolute atomic E-state index is 12.4. The van der Waals surface area contributed by atoms with Gasteiger partial charge < -0.3 is 14.9 Å². The lowest BCUT2D eigenvalue weighted by Gasteiger charge is -2.15. The third-order valence-corrected chi connectivity index (χ3v) is 7.96. The molecule has 0 heterocycles. The summed E-state index contributed by atoms with van der Waals surface area (Å²) in [4.78, 5) is 12.4. The van der Waals surface area contributed by atoms with Gasteiger partial charge in [-0.15, -0.1) is 0 Å². The Morgan fingerprint density at radius 3 is 1.69 bits per heavy atom. The van der Waals surface area contributed by atoms with Crippen LogP contribution in [0.4, 0.5) is 0 Å². The molecular formula is C38H56O4. The van der Waals surface area contributed by atoms with Gasteiger partial charge in [0.25, 0.3) is 0 Å². The van der Waals surface area contributed by atoms with E-state index in [9.17, 15) is 15.0 Å². The minimum absolute atomic E-state index is 0.0230. The second-order valence-corrected chi connectivity index (χ2v) is 11.4. The molecule has 42 heavy (non-hydrogen) atoms. The molecule has 0 aliphatic carbocycles. The normalized spacial score (nSPS) is 12.1. The van der Waals surface area contributed by atoms with E-state index in [4.69, 9.17) is 4.74 Å². The molecule has 4 heteroatoms. The fourth-order valence-electron chi connectivity index (χ4n) is 5.50. The zero-order chi connectivity index (χ0) is 30.4. The minimum atomic E-state index is -0.296. The van der Waals surface area contributed by atoms with Gasteiger partial charge in [0.1, 0.15) is 5.75 Å². The predicted molar refractivity (Wildman–Crippen MR) is 178 cm³/mol. The number of phenolic OH excluding ortho intramolecular Hbond substituents is 2. The molecule has 2 N–H and O–H groups in total. The van der Waals surface area contributed by atoms with Crippen molar-refractivity contribution in [3.63, 3.8) is 0 Å². The Hall–Kier alpha value is -3.01. The summed E-state index contributed by atoms with van der Waals surface area (Å²) in [5, 5.41) is 20.3. The van der Waals surface area contributed by atoms with Crippen LogP contribution < -0.4 is 4.74 Å². The van der Waals surface area contributed by atoms with Gasteiger partial charge in [-0.1, -0.05) is 115 Å². The average Bonchev–Trinajstić information content (AvgIpc) is 2.99. The lowest BCUT2D eigenvalue weighted by Crippen LogP contribution is -2.07. The third kappa shape index (κ3) is 13.8. The van der Waals surface area contributed by atoms with Crippen molar-refractivity contribution in [2.24, 2.45) is 0 Å². The molecule has 2 aromatic carbocycles. The summed E-state index contributed by atoms with van der Waals surface area (Å²) in [6.45, 7) is 6.46. The highest BCUT2D eigenvalue weighted by molar-refractivity contribution is 5.91. The highest BCUT2D eigenvalue weighted by Gasteiger charge is 2.14. The van der Waals surface area contributed by atoms with E-state index < -0.39 is 0 Å². The molecule has 0 saturated carbocycles. The zero-order valence-electron chi connectivity index (χ0n) is 26.6. The van der Waals surface area contributed by atoms with Crippen molar-refractivity contribution < 1.29 is 19.7 Å². The van der Waals surface area contributed by atoms with Crippen LogP contribution in [0.15, 0.2) is 54.6 Å². The van der Waals surface area contributed by atoms with Crippen molar-refractivity contribution >= 4 is 17.1 Å². The van der Waals surface area contributed by atoms with E-state index in [1.165, 1.54) is 77.0 Å². The van der Waals surface area contributed by atoms with Gasteiger partial charge in [-0.05, 0) is 91.5 Å². The first-order valence-corrected chi connectivity index (χ1v) is 16.7. The third-order valence-electron chi connectivity index (χ3n) is 7.96. The van der Waals surface area contributed by atoms with Crippen LogP contribution in [0.3, 0.4) is 0 Å². The largest absolute Gasteiger partial charge is 0.508 e. The second kappa shape index (κ2) is 21.7. The first-order valence-electron chi connectivity index (χ1n) is 16.7. The summed E-state index contributed by atoms with van der Waals surface area (Å²) in [6.07, 6.45) is 25.4. The summed E-state index contributed by atoms with van der Waals surface area (Å²) in [7, 11) is 0. The predicted octanol–water partition coefficient (Wildman–Crippen LogP) is 11.6. The Bertz CT molecular complexity index is 1080. The monoisotopic (exact) mass is 576 g/mol. The number of esters is 1. The van der Waals surface area contributed by atoms with Crippen molar-refractivity contribution in [1.29, 1.82) is 0 Å². The second-order valence-electron chi connectivity index (χ2n) is 11.4. The topological polar surface area (TPSA) is 66.8 Å². The molecule has 2 rings (SSSR count). The molecule has 232 valence electrons. The molecule has 0 unspecified atom stereocenters. The lowest BCUT2D eigenvalue weighted by atomic mass is 9.91. The standard InChI is InChI=1S/C38H56O4/c1-4-7-8-9-10-11-12-13-14-15-16-17-18-19-20-21-22-23-38(41)42-37-29-26-32(30-36(37)40)35(6-3)34(5-2)31-24-27-33(39)28-25-31/h13-14,24-30,39-40H,4-12,15-23H2,1-3H3/b14-13-,35-34+. The van der Waals surface area contributed by atoms with E-state index in [2.05, 4.69) is 32.9 Å². The number of phenols is 2. The molecule has 0 atom stereocenters. The molecule has 0 radical (unpaired) electrons. The number of unbranched alkanes of at least 4 members (excludes halogenated alkanes) is 13. The average molecular weight is 577 g/mol. The number of aromatic hydroxyl groups is 2. The Morgan fingerprint density at radius 1 is 0.643 bits per heavy atom. The number of rotatable bonds is 22. The minimum Gasteiger partial charge on any atom is -0.508 e. The molecular weight excluding hydrogens is 520 g/mol. The smallest absolute Gasteiger partial charge is 0.311 e. The molecule has 0 bridgehead atoms. The highest BCUT2D eigenvalue weighted by atomic mass is 16.5. The Morgan fingerprint density at radius 2 is 1.14 bits per heavy atom. The van der Waals surface area contributed by atoms with Gasteiger partial charge in [-0.3, -0.25) is 4.79 Å². The number of benzene rings is 2. The number of hydrogen-bond acceptors (Lipinski definition) is 4. The van der Waals surface area contributed by atoms with Gasteiger partial charge in [-0.2, -0.15) is 0 Å². The van der Waals surface area contributed by atoms with E-state index in [1.807, 2.05) is 18.2 Å². The van der Waals surface area contributed by atoms with Crippen LogP contribution >= 0.6 is 0 Å². The summed E-state index contributed by atoms with van der Waals surface area (Å²) < 4.78 is 5.49. The molecule has 0 aliphatic heterocycles. The first-order chi connectivity index (χ1) is 20.5. The Labute approximate surface area is 255 Å². The molecule has 0 saturated heterocycles. The Balaban J connectivity index is 1.63. The number of allylic oxidation sites excluding steroid dienone is 4. The van der Waals surface area contributed by atoms with Crippen LogP contribution in [0, 0.1) is 0 Å². The van der Waals surface area contributed by atoms with E-state index in [1.54, 1.807) is 24.3 Å². The van der Waals surface area contributed by atoms with Gasteiger partial charge in [0.05, 0.1) is 0 Å². The summed E-state index contributed by atoms with van der Waals surface area (Å²) in [5.41, 5.74) is 4.24. The fourth-order valence-corrected chi connectivity index (χ4v) is 5.50. The van der Waals surface area contributed by atoms with Crippen molar-refractivity contribution in [3.8, 4) is 17.2 Å². The maximum Gasteiger partial charge on any atom is 0.311 e. The van der Waals surface area contributed by atoms with E-state index in [0.717, 1.165) is 54.4 Å². The van der Waals surface area contributed by atoms with Crippen LogP contribution in [-0.2, 0) is 4.79 Å². The van der Waals surface area contributed by atoms with Gasteiger partial charge in [0, 0.05) is 6.42 Å². The highest BCUT2D eigenvalue weighted by Crippen LogP contribution is 2.36. The number of hydrogen-bond donors (Lipinski definition) is 2. The van der Waals surface area contributed by atoms with Crippen LogP contribution in [0.25, 0.3) is 11.1 Å². The van der Waals surface area contributed by atoms with Gasteiger partial charge in [-0.25, -0.2) is 0 Å². The molecule has 0 amide bonds. The summed E-state index contributed by atoms with van der Waals surface area (Å²) >= 11 is 0. The molecule has 0 spiro atoms. The first kappa shape index (κ1) is 35.2. The van der Waals surface area contributed by atoms with Crippen molar-refractivity contribution in [1.82, 2.24) is 0 Å². The van der Waals surface area contributed by atoms with Crippen LogP contribution in [-0.4, -0.2) is 16.2 Å². The maximum atomic E-state index is 12.4. The molecule has 4 nitrogen and oxygen atoms in total. The van der Waals surface area contributed by atoms with Crippen LogP contribution in [0.5, 0.6) is 17.2 Å². The zero-order valence-corrected chi connectivity index (χ0v) is 26.6. The quantitative estimate of drug-likeness (QED) is 0.0481. The summed E-state index contributed by atoms with van der Waals surface area (Å²) in [5.74, 6) is 0.132. The van der Waals surface area contributed by atoms with Gasteiger partial charge in [0.15, 0.2) is 11.5 Å². The SMILES string of the molecule is CCCCCCCC/C=C\CCCCCCCCCC(=O)Oc1ccc(/C(CC)=C(\CC)c2ccc(O)cc2)cc1O. The number of carbonyl (C=O) groups excluding carboxylic acids is 1.